The molecule has 4 aliphatic heterocycles. The molecule has 0 amide bonds. The summed E-state index contributed by atoms with van der Waals surface area (Å²) in [6.07, 6.45) is -16.2. The summed E-state index contributed by atoms with van der Waals surface area (Å²) in [5.74, 6) is -0.240. The Hall–Kier alpha value is -3.44. The highest BCUT2D eigenvalue weighted by molar-refractivity contribution is 8.08. The highest BCUT2D eigenvalue weighted by atomic mass is 32.5. The Bertz CT molecular complexity index is 4400. The Morgan fingerprint density at radius 3 is 1.37 bits per heavy atom. The SMILES string of the molecule is COC1[C@@H](OP(O)(=S)OCCO)[C@@H](COP(O)(=S)O[C@@H]2C(OC)[C@H](n3cc(C)c(=O)[nH]c3=O)O[C@@H]2COP(O)(=S)O[C@@H]2C[C@H](n3cc(C)c(=O)[nH]c3=O)O[C@@H]2COP(O)(=S)O[C@@H]2C[C@H](n3cnc4c(=O)[nH]c(N)nc43)O[C@@H]2COP(O)(=S)OC(C)C)O[C@H]1n1cc(C)c(=O)[nH]c1=O. The molecule has 4 aliphatic rings. The molecule has 50 heteroatoms. The third-order valence-electron chi connectivity index (χ3n) is 14.9. The van der Waals surface area contributed by atoms with Gasteiger partial charge in [-0.3, -0.25) is 66.4 Å². The first kappa shape index (κ1) is 77.7. The van der Waals surface area contributed by atoms with Crippen LogP contribution < -0.4 is 45.0 Å². The molecule has 4 saturated heterocycles. The van der Waals surface area contributed by atoms with Crippen molar-refractivity contribution in [3.63, 3.8) is 0 Å². The molecule has 12 N–H and O–H groups in total. The van der Waals surface area contributed by atoms with E-state index in [1.54, 1.807) is 13.8 Å². The number of aliphatic hydroxyl groups is 1. The Morgan fingerprint density at radius 2 is 0.938 bits per heavy atom. The average Bonchev–Trinajstić information content (AvgIpc) is 1.65. The van der Waals surface area contributed by atoms with Crippen molar-refractivity contribution >= 4 is 110 Å². The van der Waals surface area contributed by atoms with Crippen molar-refractivity contribution < 1.29 is 103 Å². The molecule has 5 aromatic rings. The first-order valence-electron chi connectivity index (χ1n) is 28.7. The van der Waals surface area contributed by atoms with Crippen molar-refractivity contribution in [3.8, 4) is 0 Å². The van der Waals surface area contributed by atoms with Crippen LogP contribution in [0.2, 0.25) is 0 Å². The van der Waals surface area contributed by atoms with Gasteiger partial charge >= 0.3 is 50.7 Å². The standard InChI is InChI=1S/C47H68N11O29P5S5/c1-20(2)83-89(68,94)75-15-27-25(11-31(80-27)58-19-49-32-37(58)50-44(48)51-41(32)63)85-90(69,95)76-16-26-24(10-30(79-26)55-12-21(3)38(60)52-45(55)64)84-91(70,96)77-17-28-34(36(73-7)43(81-28)57-14-23(5)40(62)54-47(57)66)87-92(71,97)78-18-29-33(86-88(67,93)74-9-8-59)35(72-6)42(82-29)56-13-22(4)39(61)53-46(56)65/h12-14,19-20,24-31,33-36,42-43,59H,8-11,15-18H2,1-7H3,(H,67,93)(H,68,94)(H,69,95)(H,70,96)(H,71,97)(H,52,60,64)(H,53,61,65)(H,54,62,66)(H3,48,50,51,63)/t24-,25-,26-,27-,28-,29-,30-,31-,33+,34+,35?,36?,42-,43-,88?,89?,90?,91?,92?/m1/s1. The van der Waals surface area contributed by atoms with E-state index in [2.05, 4.69) is 29.9 Å². The zero-order valence-corrected chi connectivity index (χ0v) is 60.3. The molecule has 0 spiro atoms. The molecule has 0 radical (unpaired) electrons. The normalized spacial score (nSPS) is 29.2. The number of hydrogen-bond donors (Lipinski definition) is 11. The number of fused-ring (bicyclic) bond motifs is 1. The van der Waals surface area contributed by atoms with E-state index in [-0.39, 0.29) is 46.6 Å². The lowest BCUT2D eigenvalue weighted by atomic mass is 10.1. The quantitative estimate of drug-likeness (QED) is 0.0232. The number of ether oxygens (including phenoxy) is 6. The molecule has 40 nitrogen and oxygen atoms in total. The van der Waals surface area contributed by atoms with Gasteiger partial charge in [-0.05, 0) is 93.7 Å². The van der Waals surface area contributed by atoms with Crippen molar-refractivity contribution in [2.75, 3.05) is 59.6 Å². The van der Waals surface area contributed by atoms with Gasteiger partial charge in [0.15, 0.2) is 23.6 Å². The maximum atomic E-state index is 13.4. The number of aromatic amines is 4. The van der Waals surface area contributed by atoms with E-state index >= 15 is 0 Å². The number of nitrogens with one attached hydrogen (secondary N) is 4. The van der Waals surface area contributed by atoms with Crippen molar-refractivity contribution in [3.05, 3.63) is 114 Å². The molecule has 0 aromatic carbocycles. The number of anilines is 1. The number of nitrogen functional groups attached to an aromatic ring is 1. The van der Waals surface area contributed by atoms with Crippen molar-refractivity contribution in [1.29, 1.82) is 0 Å². The number of aromatic nitrogens is 10. The Morgan fingerprint density at radius 1 is 0.546 bits per heavy atom. The molecule has 540 valence electrons. The first-order chi connectivity index (χ1) is 45.4. The second kappa shape index (κ2) is 31.7. The van der Waals surface area contributed by atoms with Gasteiger partial charge in [-0.15, -0.1) is 0 Å². The van der Waals surface area contributed by atoms with Crippen LogP contribution in [0.25, 0.3) is 11.2 Å². The molecule has 0 saturated carbocycles. The molecule has 7 unspecified atom stereocenters. The number of aliphatic hydroxyl groups excluding tert-OH is 1. The molecule has 4 fully saturated rings. The van der Waals surface area contributed by atoms with Gasteiger partial charge in [-0.1, -0.05) is 0 Å². The molecule has 9 rings (SSSR count). The lowest BCUT2D eigenvalue weighted by Crippen LogP contribution is -2.41. The molecule has 0 aliphatic carbocycles. The molecule has 9 heterocycles. The third-order valence-corrected chi connectivity index (χ3v) is 22.9. The molecule has 0 bridgehead atoms. The number of methoxy groups -OCH3 is 2. The second-order valence-corrected chi connectivity index (χ2v) is 36.1. The van der Waals surface area contributed by atoms with Crippen LogP contribution in [0.3, 0.4) is 0 Å². The highest BCUT2D eigenvalue weighted by Crippen LogP contribution is 2.56. The van der Waals surface area contributed by atoms with Crippen LogP contribution in [-0.4, -0.2) is 199 Å². The van der Waals surface area contributed by atoms with E-state index in [9.17, 15) is 63.1 Å². The maximum absolute atomic E-state index is 13.4. The van der Waals surface area contributed by atoms with Crippen LogP contribution in [-0.2, 0) is 133 Å². The first-order valence-corrected chi connectivity index (χ1v) is 41.6. The molecular formula is C47H68N11O29P5S5. The lowest BCUT2D eigenvalue weighted by molar-refractivity contribution is -0.0640. The number of nitrogens with zero attached hydrogens (tertiary/aromatic N) is 6. The molecular weight excluding hydrogens is 1500 g/mol. The van der Waals surface area contributed by atoms with Gasteiger partial charge in [0.1, 0.15) is 61.3 Å². The van der Waals surface area contributed by atoms with Crippen molar-refractivity contribution in [2.24, 2.45) is 0 Å². The largest absolute Gasteiger partial charge is 0.394 e. The van der Waals surface area contributed by atoms with Gasteiger partial charge in [0.25, 0.3) is 22.2 Å². The maximum Gasteiger partial charge on any atom is 0.330 e. The summed E-state index contributed by atoms with van der Waals surface area (Å²) in [5.41, 5.74) is 0.200. The Balaban J connectivity index is 0.953. The van der Waals surface area contributed by atoms with Crippen molar-refractivity contribution in [2.45, 2.75) is 140 Å². The Kier molecular flexibility index (Phi) is 25.4. The van der Waals surface area contributed by atoms with E-state index in [1.807, 2.05) is 0 Å². The number of hydrogen-bond acceptors (Lipinski definition) is 32. The van der Waals surface area contributed by atoms with Gasteiger partial charge in [0, 0.05) is 62.3 Å². The van der Waals surface area contributed by atoms with Crippen LogP contribution in [0.5, 0.6) is 0 Å². The summed E-state index contributed by atoms with van der Waals surface area (Å²) in [4.78, 5) is 165. The number of H-pyrrole nitrogens is 4. The van der Waals surface area contributed by atoms with E-state index in [1.165, 1.54) is 45.0 Å². The lowest BCUT2D eigenvalue weighted by Gasteiger charge is -2.30. The van der Waals surface area contributed by atoms with Gasteiger partial charge in [-0.25, -0.2) is 19.4 Å². The van der Waals surface area contributed by atoms with Gasteiger partial charge in [0.05, 0.1) is 64.3 Å². The second-order valence-electron chi connectivity index (χ2n) is 22.1. The summed E-state index contributed by atoms with van der Waals surface area (Å²) in [5, 5.41) is 9.40. The summed E-state index contributed by atoms with van der Waals surface area (Å²) in [6.45, 7) is -18.6. The predicted octanol–water partition coefficient (Wildman–Crippen LogP) is -1.20. The van der Waals surface area contributed by atoms with Crippen molar-refractivity contribution in [1.82, 2.24) is 48.2 Å². The minimum atomic E-state index is -4.73. The highest BCUT2D eigenvalue weighted by Gasteiger charge is 2.54. The zero-order chi connectivity index (χ0) is 71.0. The summed E-state index contributed by atoms with van der Waals surface area (Å²) >= 11 is 27.0. The molecule has 97 heavy (non-hydrogen) atoms. The summed E-state index contributed by atoms with van der Waals surface area (Å²) < 4.78 is 98.5. The number of nitrogens with two attached hydrogens (primary N) is 1. The molecule has 5 aromatic heterocycles. The smallest absolute Gasteiger partial charge is 0.330 e. The molecule has 19 atom stereocenters. The fraction of sp³-hybridized carbons (Fsp3) is 0.638. The minimum absolute atomic E-state index is 0.0101. The van der Waals surface area contributed by atoms with Crippen LogP contribution in [0.1, 0.15) is 68.3 Å². The summed E-state index contributed by atoms with van der Waals surface area (Å²) in [6, 6.07) is 0. The van der Waals surface area contributed by atoms with Gasteiger partial charge < -0.3 is 99.9 Å². The van der Waals surface area contributed by atoms with Crippen LogP contribution in [0, 0.1) is 20.8 Å². The number of rotatable bonds is 31. The van der Waals surface area contributed by atoms with E-state index < -0.39 is 205 Å². The van der Waals surface area contributed by atoms with Crippen LogP contribution in [0.4, 0.5) is 5.95 Å². The zero-order valence-electron chi connectivity index (χ0n) is 51.7. The van der Waals surface area contributed by atoms with E-state index in [0.717, 1.165) is 33.2 Å². The van der Waals surface area contributed by atoms with E-state index in [4.69, 9.17) is 138 Å². The Labute approximate surface area is 571 Å². The third kappa shape index (κ3) is 19.1. The predicted molar refractivity (Wildman–Crippen MR) is 352 cm³/mol. The van der Waals surface area contributed by atoms with E-state index in [0.29, 0.717) is 0 Å². The average molecular weight is 1570 g/mol. The van der Waals surface area contributed by atoms with Gasteiger partial charge in [-0.2, -0.15) is 4.98 Å². The topological polar surface area (TPSA) is 523 Å². The fourth-order valence-corrected chi connectivity index (χ4v) is 18.0. The minimum Gasteiger partial charge on any atom is -0.394 e. The number of imidazole rings is 1. The number of aryl methyl sites for hydroxylation is 3. The van der Waals surface area contributed by atoms with Crippen LogP contribution >= 0.6 is 33.6 Å². The van der Waals surface area contributed by atoms with Gasteiger partial charge in [0.2, 0.25) is 5.95 Å². The fourth-order valence-electron chi connectivity index (χ4n) is 10.6. The van der Waals surface area contributed by atoms with Crippen LogP contribution in [0.15, 0.2) is 58.5 Å². The summed E-state index contributed by atoms with van der Waals surface area (Å²) in [7, 11) is 2.36. The monoisotopic (exact) mass is 1570 g/mol.